The third-order valence-corrected chi connectivity index (χ3v) is 3.02. The second-order valence-electron chi connectivity index (χ2n) is 4.36. The second-order valence-corrected chi connectivity index (χ2v) is 4.36. The third-order valence-electron chi connectivity index (χ3n) is 3.02. The van der Waals surface area contributed by atoms with Crippen LogP contribution in [0.15, 0.2) is 24.3 Å². The Labute approximate surface area is 101 Å². The van der Waals surface area contributed by atoms with Gasteiger partial charge in [-0.1, -0.05) is 18.2 Å². The van der Waals surface area contributed by atoms with Crippen molar-refractivity contribution < 1.29 is 14.2 Å². The van der Waals surface area contributed by atoms with E-state index in [2.05, 4.69) is 5.32 Å². The van der Waals surface area contributed by atoms with Crippen molar-refractivity contribution in [3.05, 3.63) is 35.6 Å². The van der Waals surface area contributed by atoms with Crippen LogP contribution in [0, 0.1) is 5.82 Å². The number of aliphatic hydroxyl groups is 1. The molecule has 0 aromatic heterocycles. The summed E-state index contributed by atoms with van der Waals surface area (Å²) in [5.74, 6) is -0.360. The molecule has 0 bridgehead atoms. The topological polar surface area (TPSA) is 41.5 Å². The number of benzene rings is 1. The molecule has 17 heavy (non-hydrogen) atoms. The van der Waals surface area contributed by atoms with Crippen LogP contribution in [0.2, 0.25) is 0 Å². The minimum absolute atomic E-state index is 0.269. The molecule has 2 unspecified atom stereocenters. The number of nitrogens with one attached hydrogen (secondary N) is 1. The molecule has 0 radical (unpaired) electrons. The number of hydrogen-bond acceptors (Lipinski definition) is 3. The lowest BCUT2D eigenvalue weighted by Gasteiger charge is -2.24. The third kappa shape index (κ3) is 3.49. The number of halogens is 1. The van der Waals surface area contributed by atoms with Gasteiger partial charge in [0.1, 0.15) is 5.82 Å². The van der Waals surface area contributed by atoms with Gasteiger partial charge in [0.05, 0.1) is 12.7 Å². The predicted octanol–water partition coefficient (Wildman–Crippen LogP) is 1.63. The maximum atomic E-state index is 13.4. The van der Waals surface area contributed by atoms with Gasteiger partial charge < -0.3 is 15.2 Å². The summed E-state index contributed by atoms with van der Waals surface area (Å²) >= 11 is 0. The predicted molar refractivity (Wildman–Crippen MR) is 63.2 cm³/mol. The van der Waals surface area contributed by atoms with E-state index in [0.29, 0.717) is 18.7 Å². The Morgan fingerprint density at radius 3 is 3.00 bits per heavy atom. The zero-order valence-corrected chi connectivity index (χ0v) is 9.73. The highest BCUT2D eigenvalue weighted by molar-refractivity contribution is 5.19. The molecule has 0 saturated carbocycles. The Morgan fingerprint density at radius 1 is 1.47 bits per heavy atom. The SMILES string of the molecule is OC(CNC1CCCOC1)c1ccccc1F. The maximum absolute atomic E-state index is 13.4. The minimum Gasteiger partial charge on any atom is -0.387 e. The number of aliphatic hydroxyl groups excluding tert-OH is 1. The van der Waals surface area contributed by atoms with E-state index in [4.69, 9.17) is 4.74 Å². The monoisotopic (exact) mass is 239 g/mol. The van der Waals surface area contributed by atoms with Crippen LogP contribution in [0.5, 0.6) is 0 Å². The molecule has 1 aromatic carbocycles. The average molecular weight is 239 g/mol. The number of rotatable bonds is 4. The first-order valence-electron chi connectivity index (χ1n) is 6.01. The van der Waals surface area contributed by atoms with Crippen LogP contribution in [0.25, 0.3) is 0 Å². The Kier molecular flexibility index (Phi) is 4.48. The standard InChI is InChI=1S/C13H18FNO2/c14-12-6-2-1-5-11(12)13(16)8-15-10-4-3-7-17-9-10/h1-2,5-6,10,13,15-16H,3-4,7-9H2. The second kappa shape index (κ2) is 6.10. The van der Waals surface area contributed by atoms with Gasteiger partial charge in [0.15, 0.2) is 0 Å². The molecular weight excluding hydrogens is 221 g/mol. The lowest BCUT2D eigenvalue weighted by atomic mass is 10.1. The highest BCUT2D eigenvalue weighted by Crippen LogP contribution is 2.16. The van der Waals surface area contributed by atoms with E-state index in [9.17, 15) is 9.50 Å². The van der Waals surface area contributed by atoms with E-state index < -0.39 is 6.10 Å². The zero-order valence-electron chi connectivity index (χ0n) is 9.73. The van der Waals surface area contributed by atoms with Crippen LogP contribution in [0.3, 0.4) is 0 Å². The van der Waals surface area contributed by atoms with Gasteiger partial charge in [-0.2, -0.15) is 0 Å². The van der Waals surface area contributed by atoms with Crippen molar-refractivity contribution in [1.29, 1.82) is 0 Å². The van der Waals surface area contributed by atoms with Gasteiger partial charge in [-0.25, -0.2) is 4.39 Å². The van der Waals surface area contributed by atoms with Gasteiger partial charge in [-0.15, -0.1) is 0 Å². The minimum atomic E-state index is -0.807. The fraction of sp³-hybridized carbons (Fsp3) is 0.538. The first-order chi connectivity index (χ1) is 8.27. The van der Waals surface area contributed by atoms with Crippen molar-refractivity contribution in [1.82, 2.24) is 5.32 Å². The maximum Gasteiger partial charge on any atom is 0.129 e. The Bertz CT molecular complexity index is 353. The summed E-state index contributed by atoms with van der Waals surface area (Å²) in [6, 6.07) is 6.59. The molecule has 94 valence electrons. The molecule has 2 rings (SSSR count). The molecule has 4 heteroatoms. The first kappa shape index (κ1) is 12.5. The van der Waals surface area contributed by atoms with Gasteiger partial charge in [0, 0.05) is 24.8 Å². The van der Waals surface area contributed by atoms with E-state index >= 15 is 0 Å². The van der Waals surface area contributed by atoms with Gasteiger partial charge in [-0.05, 0) is 18.9 Å². The molecule has 1 saturated heterocycles. The van der Waals surface area contributed by atoms with Crippen LogP contribution in [-0.4, -0.2) is 30.9 Å². The Morgan fingerprint density at radius 2 is 2.29 bits per heavy atom. The van der Waals surface area contributed by atoms with Crippen molar-refractivity contribution >= 4 is 0 Å². The van der Waals surface area contributed by atoms with Crippen LogP contribution in [0.4, 0.5) is 4.39 Å². The zero-order chi connectivity index (χ0) is 12.1. The fourth-order valence-electron chi connectivity index (χ4n) is 2.04. The molecule has 0 aliphatic carbocycles. The van der Waals surface area contributed by atoms with E-state index in [1.165, 1.54) is 6.07 Å². The van der Waals surface area contributed by atoms with E-state index in [1.807, 2.05) is 0 Å². The largest absolute Gasteiger partial charge is 0.387 e. The Hall–Kier alpha value is -0.970. The van der Waals surface area contributed by atoms with Gasteiger partial charge in [0.2, 0.25) is 0 Å². The highest BCUT2D eigenvalue weighted by atomic mass is 19.1. The molecule has 3 nitrogen and oxygen atoms in total. The quantitative estimate of drug-likeness (QED) is 0.839. The highest BCUT2D eigenvalue weighted by Gasteiger charge is 2.17. The van der Waals surface area contributed by atoms with Crippen molar-refractivity contribution in [2.75, 3.05) is 19.8 Å². The molecular formula is C13H18FNO2. The van der Waals surface area contributed by atoms with Crippen LogP contribution >= 0.6 is 0 Å². The lowest BCUT2D eigenvalue weighted by Crippen LogP contribution is -2.39. The number of hydrogen-bond donors (Lipinski definition) is 2. The molecule has 0 amide bonds. The summed E-state index contributed by atoms with van der Waals surface area (Å²) in [5, 5.41) is 13.1. The molecule has 2 atom stereocenters. The normalized spacial score (nSPS) is 22.4. The number of ether oxygens (including phenoxy) is 1. The summed E-state index contributed by atoms with van der Waals surface area (Å²) in [6.07, 6.45) is 1.27. The van der Waals surface area contributed by atoms with Crippen LogP contribution < -0.4 is 5.32 Å². The first-order valence-corrected chi connectivity index (χ1v) is 6.01. The summed E-state index contributed by atoms with van der Waals surface area (Å²) in [6.45, 7) is 1.84. The smallest absolute Gasteiger partial charge is 0.129 e. The fourth-order valence-corrected chi connectivity index (χ4v) is 2.04. The molecule has 1 fully saturated rings. The van der Waals surface area contributed by atoms with E-state index in [-0.39, 0.29) is 11.9 Å². The van der Waals surface area contributed by atoms with Crippen LogP contribution in [0.1, 0.15) is 24.5 Å². The Balaban J connectivity index is 1.84. The van der Waals surface area contributed by atoms with Crippen molar-refractivity contribution in [3.63, 3.8) is 0 Å². The van der Waals surface area contributed by atoms with Gasteiger partial charge in [0.25, 0.3) is 0 Å². The molecule has 2 N–H and O–H groups in total. The molecule has 1 aromatic rings. The van der Waals surface area contributed by atoms with Crippen molar-refractivity contribution in [2.24, 2.45) is 0 Å². The van der Waals surface area contributed by atoms with Crippen molar-refractivity contribution in [3.8, 4) is 0 Å². The summed E-state index contributed by atoms with van der Waals surface area (Å²) in [5.41, 5.74) is 0.344. The molecule has 1 aliphatic rings. The summed E-state index contributed by atoms with van der Waals surface area (Å²) in [4.78, 5) is 0. The molecule has 1 aliphatic heterocycles. The average Bonchev–Trinajstić information content (AvgIpc) is 2.38. The van der Waals surface area contributed by atoms with Gasteiger partial charge in [-0.3, -0.25) is 0 Å². The van der Waals surface area contributed by atoms with Crippen molar-refractivity contribution in [2.45, 2.75) is 25.0 Å². The van der Waals surface area contributed by atoms with E-state index in [0.717, 1.165) is 19.4 Å². The lowest BCUT2D eigenvalue weighted by molar-refractivity contribution is 0.0636. The summed E-state index contributed by atoms with van der Waals surface area (Å²) in [7, 11) is 0. The molecule has 1 heterocycles. The van der Waals surface area contributed by atoms with E-state index in [1.54, 1.807) is 18.2 Å². The summed E-state index contributed by atoms with van der Waals surface area (Å²) < 4.78 is 18.7. The van der Waals surface area contributed by atoms with Gasteiger partial charge >= 0.3 is 0 Å². The molecule has 0 spiro atoms. The van der Waals surface area contributed by atoms with Crippen LogP contribution in [-0.2, 0) is 4.74 Å².